The minimum atomic E-state index is -5.05. The number of rotatable bonds is 2. The van der Waals surface area contributed by atoms with Crippen molar-refractivity contribution >= 4 is 15.6 Å². The van der Waals surface area contributed by atoms with E-state index in [1.54, 1.807) is 0 Å². The van der Waals surface area contributed by atoms with Crippen LogP contribution in [0.2, 0.25) is 0 Å². The molecule has 0 rings (SSSR count). The molecule has 8 N–H and O–H groups in total. The van der Waals surface area contributed by atoms with Crippen LogP contribution in [0.1, 0.15) is 4.28 Å². The van der Waals surface area contributed by atoms with Crippen LogP contribution in [0.15, 0.2) is 0 Å². The molecule has 0 atom stereocenters. The molecule has 0 heterocycles. The third kappa shape index (κ3) is 36.2. The van der Waals surface area contributed by atoms with Crippen LogP contribution >= 0.6 is 15.6 Å². The van der Waals surface area contributed by atoms with Crippen LogP contribution in [-0.2, 0) is 13.4 Å². The summed E-state index contributed by atoms with van der Waals surface area (Å²) in [5.74, 6) is 0. The molecular formula is H11Na3O9P2. The van der Waals surface area contributed by atoms with Gasteiger partial charge in [0.25, 0.3) is 0 Å². The van der Waals surface area contributed by atoms with Crippen molar-refractivity contribution in [1.29, 1.82) is 0 Å². The Hall–Kier alpha value is 3.18. The van der Waals surface area contributed by atoms with Crippen LogP contribution in [-0.4, -0.2) is 30.5 Å². The van der Waals surface area contributed by atoms with Crippen LogP contribution in [0.4, 0.5) is 0 Å². The zero-order valence-corrected chi connectivity index (χ0v) is 15.7. The van der Waals surface area contributed by atoms with E-state index in [0.717, 1.165) is 0 Å². The molecule has 0 amide bonds. The molecule has 0 fully saturated rings. The van der Waals surface area contributed by atoms with Gasteiger partial charge in [0.1, 0.15) is 0 Å². The fourth-order valence-corrected chi connectivity index (χ4v) is 1.25. The van der Waals surface area contributed by atoms with Crippen molar-refractivity contribution in [1.82, 2.24) is 0 Å². The van der Waals surface area contributed by atoms with E-state index < -0.39 is 15.6 Å². The molecule has 9 nitrogen and oxygen atoms in total. The van der Waals surface area contributed by atoms with Crippen LogP contribution in [0, 0.1) is 0 Å². The Morgan fingerprint density at radius 1 is 0.786 bits per heavy atom. The maximum absolute atomic E-state index is 9.63. The molecule has 0 radical (unpaired) electrons. The van der Waals surface area contributed by atoms with Gasteiger partial charge in [-0.15, -0.1) is 0 Å². The van der Waals surface area contributed by atoms with Gasteiger partial charge >= 0.3 is 104 Å². The molecule has 78 valence electrons. The maximum Gasteiger partial charge on any atom is 1.00 e. The summed E-state index contributed by atoms with van der Waals surface area (Å²) in [6.07, 6.45) is 0. The minimum Gasteiger partial charge on any atom is -1.00 e. The topological polar surface area (TPSA) is 187 Å². The van der Waals surface area contributed by atoms with Gasteiger partial charge in [0.05, 0.1) is 0 Å². The molecule has 0 aromatic carbocycles. The quantitative estimate of drug-likeness (QED) is 0.286. The fraction of sp³-hybridized carbons (Fsp3) is 0. The Kier molecular flexibility index (Phi) is 36.6. The third-order valence-corrected chi connectivity index (χ3v) is 1.91. The van der Waals surface area contributed by atoms with Gasteiger partial charge in [-0.1, -0.05) is 0 Å². The summed E-state index contributed by atoms with van der Waals surface area (Å²) in [5, 5.41) is 0. The standard InChI is InChI=1S/3Na.H4O7P2.2H2O.3H/c;;;1-8(2,3)7-9(4,5)6;;;;;/h;;;(H2,1,2,3)(H2,4,5,6);2*1H2;;;/q3*+1;;;;3*-1. The minimum absolute atomic E-state index is 0. The van der Waals surface area contributed by atoms with Crippen LogP contribution in [0.3, 0.4) is 0 Å². The molecule has 0 spiro atoms. The second-order valence-corrected chi connectivity index (χ2v) is 3.68. The molecule has 0 aliphatic rings. The van der Waals surface area contributed by atoms with Gasteiger partial charge in [-0.2, -0.15) is 4.31 Å². The Morgan fingerprint density at radius 2 is 0.929 bits per heavy atom. The molecule has 14 heteroatoms. The predicted molar refractivity (Wildman–Crippen MR) is 35.7 cm³/mol. The third-order valence-electron chi connectivity index (χ3n) is 0.213. The van der Waals surface area contributed by atoms with E-state index in [1.165, 1.54) is 0 Å². The first-order valence-corrected chi connectivity index (χ1v) is 4.59. The smallest absolute Gasteiger partial charge is 1.00 e. The zero-order valence-electron chi connectivity index (χ0n) is 10.9. The number of phosphoric acid groups is 2. The van der Waals surface area contributed by atoms with E-state index in [1.807, 2.05) is 0 Å². The average Bonchev–Trinajstić information content (AvgIpc) is 1.14. The molecular weight excluding hydrogens is 275 g/mol. The van der Waals surface area contributed by atoms with Gasteiger partial charge < -0.3 is 34.8 Å². The summed E-state index contributed by atoms with van der Waals surface area (Å²) in [5.41, 5.74) is 0. The van der Waals surface area contributed by atoms with Gasteiger partial charge in [-0.25, -0.2) is 9.13 Å². The Bertz CT molecular complexity index is 170. The molecule has 0 unspecified atom stereocenters. The molecule has 0 aromatic heterocycles. The number of hydrogen-bond donors (Lipinski definition) is 4. The molecule has 0 bridgehead atoms. The van der Waals surface area contributed by atoms with Crippen molar-refractivity contribution in [3.8, 4) is 0 Å². The molecule has 0 aliphatic carbocycles. The van der Waals surface area contributed by atoms with E-state index >= 15 is 0 Å². The van der Waals surface area contributed by atoms with Crippen molar-refractivity contribution in [2.75, 3.05) is 0 Å². The Morgan fingerprint density at radius 3 is 0.929 bits per heavy atom. The first-order valence-electron chi connectivity index (χ1n) is 1.53. The van der Waals surface area contributed by atoms with E-state index in [0.29, 0.717) is 0 Å². The van der Waals surface area contributed by atoms with Gasteiger partial charge in [-0.3, -0.25) is 0 Å². The van der Waals surface area contributed by atoms with Gasteiger partial charge in [-0.05, 0) is 0 Å². The van der Waals surface area contributed by atoms with E-state index in [2.05, 4.69) is 4.31 Å². The van der Waals surface area contributed by atoms with Gasteiger partial charge in [0.2, 0.25) is 0 Å². The first kappa shape index (κ1) is 36.0. The SMILES string of the molecule is O.O.O=P(O)(O)OP(=O)(O)O.[H-].[H-].[H-].[Na+].[Na+].[Na+]. The molecule has 0 saturated carbocycles. The van der Waals surface area contributed by atoms with Crippen molar-refractivity contribution in [3.05, 3.63) is 0 Å². The van der Waals surface area contributed by atoms with Crippen molar-refractivity contribution in [2.45, 2.75) is 0 Å². The zero-order chi connectivity index (χ0) is 7.71. The summed E-state index contributed by atoms with van der Waals surface area (Å²) in [6.45, 7) is 0. The number of hydrogen-bond acceptors (Lipinski definition) is 3. The van der Waals surface area contributed by atoms with E-state index in [9.17, 15) is 9.13 Å². The van der Waals surface area contributed by atoms with E-state index in [-0.39, 0.29) is 104 Å². The van der Waals surface area contributed by atoms with Crippen molar-refractivity contribution < 1.29 is 137 Å². The first-order chi connectivity index (χ1) is 3.71. The van der Waals surface area contributed by atoms with Crippen molar-refractivity contribution in [3.63, 3.8) is 0 Å². The largest absolute Gasteiger partial charge is 1.00 e. The maximum atomic E-state index is 9.63. The van der Waals surface area contributed by atoms with Crippen molar-refractivity contribution in [2.24, 2.45) is 0 Å². The van der Waals surface area contributed by atoms with Crippen LogP contribution in [0.5, 0.6) is 0 Å². The predicted octanol–water partition coefficient (Wildman–Crippen LogP) is -11.1. The summed E-state index contributed by atoms with van der Waals surface area (Å²) in [4.78, 5) is 31.0. The van der Waals surface area contributed by atoms with Gasteiger partial charge in [0, 0.05) is 0 Å². The molecule has 0 aromatic rings. The summed E-state index contributed by atoms with van der Waals surface area (Å²) in [6, 6.07) is 0. The molecule has 14 heavy (non-hydrogen) atoms. The molecule has 0 aliphatic heterocycles. The Labute approximate surface area is 150 Å². The second kappa shape index (κ2) is 14.2. The van der Waals surface area contributed by atoms with Crippen LogP contribution in [0.25, 0.3) is 0 Å². The van der Waals surface area contributed by atoms with Gasteiger partial charge in [0.15, 0.2) is 0 Å². The monoisotopic (exact) mass is 286 g/mol. The second-order valence-electron chi connectivity index (χ2n) is 1.06. The average molecular weight is 286 g/mol. The van der Waals surface area contributed by atoms with E-state index in [4.69, 9.17) is 19.6 Å². The fourth-order valence-electron chi connectivity index (χ4n) is 0.139. The Balaban J connectivity index is -0.0000000114. The molecule has 0 saturated heterocycles. The normalized spacial score (nSPS) is 8.86. The van der Waals surface area contributed by atoms with Crippen LogP contribution < -0.4 is 88.7 Å². The summed E-state index contributed by atoms with van der Waals surface area (Å²) >= 11 is 0. The summed E-state index contributed by atoms with van der Waals surface area (Å²) in [7, 11) is -10.1. The summed E-state index contributed by atoms with van der Waals surface area (Å²) < 4.78 is 22.2.